The Labute approximate surface area is 188 Å². The molecule has 4 bridgehead atoms. The van der Waals surface area contributed by atoms with Crippen LogP contribution in [0.15, 0.2) is 48.5 Å². The maximum Gasteiger partial charge on any atom is 0.312 e. The Hall–Kier alpha value is -3.13. The number of benzene rings is 2. The van der Waals surface area contributed by atoms with Crippen molar-refractivity contribution < 1.29 is 14.3 Å². The molecule has 0 radical (unpaired) electrons. The Morgan fingerprint density at radius 1 is 1.06 bits per heavy atom. The Morgan fingerprint density at radius 2 is 1.75 bits per heavy atom. The number of nitrogens with zero attached hydrogens (tertiary/aromatic N) is 1. The summed E-state index contributed by atoms with van der Waals surface area (Å²) >= 11 is 0. The molecule has 5 nitrogen and oxygen atoms in total. The zero-order valence-electron chi connectivity index (χ0n) is 18.4. The van der Waals surface area contributed by atoms with Gasteiger partial charge in [0.1, 0.15) is 6.07 Å². The minimum absolute atomic E-state index is 0.0464. The van der Waals surface area contributed by atoms with E-state index in [1.807, 2.05) is 0 Å². The lowest BCUT2D eigenvalue weighted by molar-refractivity contribution is -0.175. The van der Waals surface area contributed by atoms with Crippen LogP contribution in [0.25, 0.3) is 0 Å². The van der Waals surface area contributed by atoms with E-state index in [-0.39, 0.29) is 18.0 Å². The summed E-state index contributed by atoms with van der Waals surface area (Å²) in [6.45, 7) is 1.77. The molecule has 2 aromatic rings. The smallest absolute Gasteiger partial charge is 0.312 e. The molecule has 1 amide bonds. The van der Waals surface area contributed by atoms with E-state index in [9.17, 15) is 14.9 Å². The molecule has 4 aliphatic carbocycles. The molecule has 0 aliphatic heterocycles. The second-order valence-electron chi connectivity index (χ2n) is 10.2. The second kappa shape index (κ2) is 7.78. The predicted molar refractivity (Wildman–Crippen MR) is 121 cm³/mol. The van der Waals surface area contributed by atoms with Crippen molar-refractivity contribution in [1.29, 1.82) is 5.26 Å². The fourth-order valence-electron chi connectivity index (χ4n) is 6.91. The van der Waals surface area contributed by atoms with Crippen molar-refractivity contribution in [2.75, 3.05) is 11.9 Å². The summed E-state index contributed by atoms with van der Waals surface area (Å²) < 4.78 is 5.60. The molecular weight excluding hydrogens is 400 g/mol. The lowest BCUT2D eigenvalue weighted by atomic mass is 9.43. The Bertz CT molecular complexity index is 1080. The van der Waals surface area contributed by atoms with Gasteiger partial charge in [-0.3, -0.25) is 9.59 Å². The van der Waals surface area contributed by atoms with Gasteiger partial charge in [-0.05, 0) is 80.4 Å². The van der Waals surface area contributed by atoms with Crippen LogP contribution in [-0.4, -0.2) is 18.5 Å². The Morgan fingerprint density at radius 3 is 2.44 bits per heavy atom. The number of carbonyl (C=O) groups is 2. The number of carbonyl (C=O) groups excluding carboxylic acids is 2. The van der Waals surface area contributed by atoms with Gasteiger partial charge < -0.3 is 10.1 Å². The number of hydrogen-bond donors (Lipinski definition) is 1. The second-order valence-corrected chi connectivity index (χ2v) is 10.2. The third kappa shape index (κ3) is 3.58. The third-order valence-electron chi connectivity index (χ3n) is 7.81. The van der Waals surface area contributed by atoms with Crippen LogP contribution >= 0.6 is 0 Å². The van der Waals surface area contributed by atoms with E-state index in [4.69, 9.17) is 4.74 Å². The van der Waals surface area contributed by atoms with Crippen LogP contribution in [0.4, 0.5) is 5.69 Å². The number of anilines is 1. The maximum absolute atomic E-state index is 13.3. The molecule has 4 fully saturated rings. The van der Waals surface area contributed by atoms with Gasteiger partial charge in [0.15, 0.2) is 6.61 Å². The number of amides is 1. The molecule has 0 aromatic heterocycles. The van der Waals surface area contributed by atoms with E-state index in [0.717, 1.165) is 32.1 Å². The first kappa shape index (κ1) is 20.8. The highest BCUT2D eigenvalue weighted by Crippen LogP contribution is 2.66. The van der Waals surface area contributed by atoms with Gasteiger partial charge in [0.25, 0.3) is 5.91 Å². The Balaban J connectivity index is 1.30. The van der Waals surface area contributed by atoms with Gasteiger partial charge in [0.2, 0.25) is 0 Å². The molecule has 2 atom stereocenters. The standard InChI is InChI=1S/C27H28N2O3/c1-18-6-8-22(9-7-18)26-11-19-10-20(12-26)14-27(13-19,17-26)25(31)32-16-24(30)29-23-5-3-2-4-21(23)15-28/h2-9,19-20H,10-14,16-17H2,1H3,(H,29,30)/t19-,20-,26?,27?/m1/s1. The quantitative estimate of drug-likeness (QED) is 0.688. The van der Waals surface area contributed by atoms with Gasteiger partial charge in [0.05, 0.1) is 16.7 Å². The predicted octanol–water partition coefficient (Wildman–Crippen LogP) is 4.89. The van der Waals surface area contributed by atoms with Crippen molar-refractivity contribution in [3.63, 3.8) is 0 Å². The molecule has 1 N–H and O–H groups in total. The van der Waals surface area contributed by atoms with E-state index in [1.165, 1.54) is 17.5 Å². The van der Waals surface area contributed by atoms with Crippen LogP contribution in [0, 0.1) is 35.5 Å². The fraction of sp³-hybridized carbons (Fsp3) is 0.444. The van der Waals surface area contributed by atoms with Gasteiger partial charge in [-0.1, -0.05) is 42.0 Å². The number of para-hydroxylation sites is 1. The number of nitrogens with one attached hydrogen (secondary N) is 1. The van der Waals surface area contributed by atoms with Gasteiger partial charge in [-0.25, -0.2) is 0 Å². The molecule has 32 heavy (non-hydrogen) atoms. The molecule has 4 aliphatic rings. The Kier molecular flexibility index (Phi) is 5.04. The summed E-state index contributed by atoms with van der Waals surface area (Å²) in [6, 6.07) is 17.7. The summed E-state index contributed by atoms with van der Waals surface area (Å²) in [5.41, 5.74) is 2.97. The largest absolute Gasteiger partial charge is 0.455 e. The number of rotatable bonds is 5. The first-order valence-corrected chi connectivity index (χ1v) is 11.4. The first-order valence-electron chi connectivity index (χ1n) is 11.4. The molecule has 0 saturated heterocycles. The molecule has 5 heteroatoms. The topological polar surface area (TPSA) is 79.2 Å². The molecule has 4 saturated carbocycles. The summed E-state index contributed by atoms with van der Waals surface area (Å²) in [6.07, 6.45) is 6.05. The van der Waals surface area contributed by atoms with Crippen LogP contribution in [0.1, 0.15) is 55.2 Å². The van der Waals surface area contributed by atoms with Crippen molar-refractivity contribution in [3.05, 3.63) is 65.2 Å². The number of aryl methyl sites for hydroxylation is 1. The van der Waals surface area contributed by atoms with Crippen molar-refractivity contribution in [3.8, 4) is 6.07 Å². The zero-order valence-corrected chi connectivity index (χ0v) is 18.4. The van der Waals surface area contributed by atoms with Crippen LogP contribution in [0.5, 0.6) is 0 Å². The van der Waals surface area contributed by atoms with Gasteiger partial charge >= 0.3 is 5.97 Å². The van der Waals surface area contributed by atoms with E-state index >= 15 is 0 Å². The highest BCUT2D eigenvalue weighted by atomic mass is 16.5. The summed E-state index contributed by atoms with van der Waals surface area (Å²) in [4.78, 5) is 25.8. The zero-order chi connectivity index (χ0) is 22.3. The van der Waals surface area contributed by atoms with E-state index in [0.29, 0.717) is 23.1 Å². The average Bonchev–Trinajstić information content (AvgIpc) is 2.77. The van der Waals surface area contributed by atoms with Crippen molar-refractivity contribution in [2.24, 2.45) is 17.3 Å². The van der Waals surface area contributed by atoms with Crippen LogP contribution in [0.2, 0.25) is 0 Å². The van der Waals surface area contributed by atoms with Crippen molar-refractivity contribution in [2.45, 2.75) is 50.9 Å². The molecule has 0 heterocycles. The monoisotopic (exact) mass is 428 g/mol. The molecule has 0 unspecified atom stereocenters. The highest BCUT2D eigenvalue weighted by Gasteiger charge is 2.61. The van der Waals surface area contributed by atoms with Crippen LogP contribution in [0.3, 0.4) is 0 Å². The number of nitriles is 1. The number of esters is 1. The van der Waals surface area contributed by atoms with E-state index in [1.54, 1.807) is 24.3 Å². The van der Waals surface area contributed by atoms with Crippen molar-refractivity contribution in [1.82, 2.24) is 0 Å². The maximum atomic E-state index is 13.3. The summed E-state index contributed by atoms with van der Waals surface area (Å²) in [5, 5.41) is 11.9. The first-order chi connectivity index (χ1) is 15.4. The average molecular weight is 429 g/mol. The SMILES string of the molecule is Cc1ccc(C23C[C@H]4C[C@@H](CC(C(=O)OCC(=O)Nc5ccccc5C#N)(C4)C2)C3)cc1. The number of ether oxygens (including phenoxy) is 1. The van der Waals surface area contributed by atoms with E-state index < -0.39 is 11.3 Å². The van der Waals surface area contributed by atoms with Gasteiger partial charge in [0, 0.05) is 0 Å². The lowest BCUT2D eigenvalue weighted by Gasteiger charge is -2.61. The van der Waals surface area contributed by atoms with Gasteiger partial charge in [-0.15, -0.1) is 0 Å². The van der Waals surface area contributed by atoms with Crippen LogP contribution in [-0.2, 0) is 19.7 Å². The molecular formula is C27H28N2O3. The molecule has 164 valence electrons. The number of hydrogen-bond acceptors (Lipinski definition) is 4. The normalized spacial score (nSPS) is 29.9. The van der Waals surface area contributed by atoms with Crippen molar-refractivity contribution >= 4 is 17.6 Å². The lowest BCUT2D eigenvalue weighted by Crippen LogP contribution is -2.57. The molecule has 6 rings (SSSR count). The fourth-order valence-corrected chi connectivity index (χ4v) is 6.91. The summed E-state index contributed by atoms with van der Waals surface area (Å²) in [5.74, 6) is 0.439. The van der Waals surface area contributed by atoms with Gasteiger partial charge in [-0.2, -0.15) is 5.26 Å². The molecule has 0 spiro atoms. The highest BCUT2D eigenvalue weighted by molar-refractivity contribution is 5.94. The van der Waals surface area contributed by atoms with E-state index in [2.05, 4.69) is 42.6 Å². The minimum atomic E-state index is -0.486. The summed E-state index contributed by atoms with van der Waals surface area (Å²) in [7, 11) is 0. The molecule has 2 aromatic carbocycles. The third-order valence-corrected chi connectivity index (χ3v) is 7.81. The van der Waals surface area contributed by atoms with Crippen LogP contribution < -0.4 is 5.32 Å². The minimum Gasteiger partial charge on any atom is -0.455 e.